The quantitative estimate of drug-likeness (QED) is 0.756. The summed E-state index contributed by atoms with van der Waals surface area (Å²) in [4.78, 5) is 5.06. The van der Waals surface area contributed by atoms with E-state index in [0.717, 1.165) is 5.56 Å². The molecule has 0 radical (unpaired) electrons. The van der Waals surface area contributed by atoms with Crippen LogP contribution in [0.4, 0.5) is 5.69 Å². The van der Waals surface area contributed by atoms with Gasteiger partial charge in [0.05, 0.1) is 15.8 Å². The van der Waals surface area contributed by atoms with Gasteiger partial charge in [0.2, 0.25) is 0 Å². The number of thioether (sulfide) groups is 1. The Kier molecular flexibility index (Phi) is 4.76. The Balaban J connectivity index is 2.07. The molecule has 0 N–H and O–H groups in total. The number of benzene rings is 2. The van der Waals surface area contributed by atoms with Gasteiger partial charge in [-0.2, -0.15) is 0 Å². The number of nitrogens with zero attached hydrogens (tertiary/aromatic N) is 2. The van der Waals surface area contributed by atoms with Crippen molar-refractivity contribution in [3.8, 4) is 0 Å². The first-order chi connectivity index (χ1) is 11.4. The third-order valence-corrected chi connectivity index (χ3v) is 7.24. The summed E-state index contributed by atoms with van der Waals surface area (Å²) in [6.45, 7) is 3.80. The molecule has 1 fully saturated rings. The van der Waals surface area contributed by atoms with Crippen LogP contribution in [0.3, 0.4) is 0 Å². The minimum absolute atomic E-state index is 0.123. The highest BCUT2D eigenvalue weighted by Gasteiger charge is 2.40. The maximum atomic E-state index is 13.0. The first kappa shape index (κ1) is 17.1. The molecule has 4 nitrogen and oxygen atoms in total. The lowest BCUT2D eigenvalue weighted by atomic mass is 10.2. The molecule has 1 saturated heterocycles. The van der Waals surface area contributed by atoms with Crippen molar-refractivity contribution in [3.63, 3.8) is 0 Å². The number of amidine groups is 1. The van der Waals surface area contributed by atoms with Crippen molar-refractivity contribution in [3.05, 3.63) is 60.2 Å². The average Bonchev–Trinajstić information content (AvgIpc) is 2.83. The molecule has 0 aromatic heterocycles. The minimum atomic E-state index is -3.77. The predicted molar refractivity (Wildman–Crippen MR) is 103 cm³/mol. The fourth-order valence-corrected chi connectivity index (χ4v) is 5.52. The van der Waals surface area contributed by atoms with Crippen LogP contribution in [-0.4, -0.2) is 28.1 Å². The van der Waals surface area contributed by atoms with E-state index in [0.29, 0.717) is 15.8 Å². The van der Waals surface area contributed by atoms with Crippen LogP contribution in [0, 0.1) is 6.92 Å². The van der Waals surface area contributed by atoms with Gasteiger partial charge in [0.1, 0.15) is 4.99 Å². The lowest BCUT2D eigenvalue weighted by Gasteiger charge is -2.18. The lowest BCUT2D eigenvalue weighted by Crippen LogP contribution is -2.36. The number of thiocarbonyl (C=S) groups is 1. The van der Waals surface area contributed by atoms with Gasteiger partial charge in [0.15, 0.2) is 5.17 Å². The zero-order chi connectivity index (χ0) is 17.3. The SMILES string of the molecule is Cc1ccc(S(=O)(=O)N2C(=S)[C@H](C)SC2=Nc2ccccc2)cc1. The number of hydrogen-bond donors (Lipinski definition) is 0. The van der Waals surface area contributed by atoms with E-state index in [9.17, 15) is 8.42 Å². The minimum Gasteiger partial charge on any atom is -0.224 e. The van der Waals surface area contributed by atoms with Gasteiger partial charge in [-0.05, 0) is 38.1 Å². The highest BCUT2D eigenvalue weighted by Crippen LogP contribution is 2.34. The molecule has 3 rings (SSSR count). The van der Waals surface area contributed by atoms with E-state index in [1.807, 2.05) is 44.2 Å². The molecule has 1 aliphatic heterocycles. The molecule has 24 heavy (non-hydrogen) atoms. The molecule has 0 saturated carbocycles. The highest BCUT2D eigenvalue weighted by molar-refractivity contribution is 8.18. The second-order valence-corrected chi connectivity index (χ2v) is 8.92. The summed E-state index contributed by atoms with van der Waals surface area (Å²) >= 11 is 6.73. The van der Waals surface area contributed by atoms with Crippen molar-refractivity contribution < 1.29 is 8.42 Å². The lowest BCUT2D eigenvalue weighted by molar-refractivity contribution is 0.572. The fourth-order valence-electron chi connectivity index (χ4n) is 2.24. The Bertz CT molecular complexity index is 891. The Morgan fingerprint density at radius 1 is 1.08 bits per heavy atom. The average molecular weight is 377 g/mol. The van der Waals surface area contributed by atoms with E-state index in [1.165, 1.54) is 16.1 Å². The Hall–Kier alpha value is -1.70. The van der Waals surface area contributed by atoms with Gasteiger partial charge in [0, 0.05) is 0 Å². The molecule has 2 aromatic rings. The maximum absolute atomic E-state index is 13.0. The smallest absolute Gasteiger partial charge is 0.224 e. The van der Waals surface area contributed by atoms with E-state index >= 15 is 0 Å². The molecule has 0 aliphatic carbocycles. The van der Waals surface area contributed by atoms with Crippen LogP contribution < -0.4 is 0 Å². The van der Waals surface area contributed by atoms with Crippen LogP contribution >= 0.6 is 24.0 Å². The van der Waals surface area contributed by atoms with Crippen LogP contribution in [0.2, 0.25) is 0 Å². The van der Waals surface area contributed by atoms with Gasteiger partial charge in [-0.15, -0.1) is 0 Å². The van der Waals surface area contributed by atoms with Crippen LogP contribution in [0.25, 0.3) is 0 Å². The Morgan fingerprint density at radius 3 is 2.33 bits per heavy atom. The Labute approximate surface area is 151 Å². The van der Waals surface area contributed by atoms with Gasteiger partial charge in [-0.25, -0.2) is 17.7 Å². The van der Waals surface area contributed by atoms with Crippen molar-refractivity contribution in [2.45, 2.75) is 24.0 Å². The summed E-state index contributed by atoms with van der Waals surface area (Å²) in [6.07, 6.45) is 0. The van der Waals surface area contributed by atoms with Crippen LogP contribution in [-0.2, 0) is 10.0 Å². The summed E-state index contributed by atoms with van der Waals surface area (Å²) in [5.41, 5.74) is 1.69. The number of hydrogen-bond acceptors (Lipinski definition) is 5. The fraction of sp³-hybridized carbons (Fsp3) is 0.176. The van der Waals surface area contributed by atoms with E-state index < -0.39 is 10.0 Å². The number of aliphatic imine (C=N–C) groups is 1. The first-order valence-electron chi connectivity index (χ1n) is 7.36. The third-order valence-electron chi connectivity index (χ3n) is 3.54. The molecule has 0 amide bonds. The van der Waals surface area contributed by atoms with Gasteiger partial charge in [0.25, 0.3) is 10.0 Å². The Morgan fingerprint density at radius 2 is 1.71 bits per heavy atom. The molecule has 0 spiro atoms. The van der Waals surface area contributed by atoms with Crippen molar-refractivity contribution in [1.82, 2.24) is 4.31 Å². The third kappa shape index (κ3) is 3.24. The zero-order valence-corrected chi connectivity index (χ0v) is 15.7. The second kappa shape index (κ2) is 6.66. The molecule has 7 heteroatoms. The predicted octanol–water partition coefficient (Wildman–Crippen LogP) is 4.14. The molecular weight excluding hydrogens is 360 g/mol. The monoisotopic (exact) mass is 376 g/mol. The van der Waals surface area contributed by atoms with Gasteiger partial charge >= 0.3 is 0 Å². The normalized spacial score (nSPS) is 19.9. The van der Waals surface area contributed by atoms with Crippen molar-refractivity contribution in [2.75, 3.05) is 0 Å². The van der Waals surface area contributed by atoms with Crippen LogP contribution in [0.15, 0.2) is 64.5 Å². The summed E-state index contributed by atoms with van der Waals surface area (Å²) in [7, 11) is -3.77. The zero-order valence-electron chi connectivity index (χ0n) is 13.2. The molecule has 0 unspecified atom stereocenters. The van der Waals surface area contributed by atoms with Crippen LogP contribution in [0.1, 0.15) is 12.5 Å². The van der Waals surface area contributed by atoms with Crippen molar-refractivity contribution >= 4 is 49.8 Å². The van der Waals surface area contributed by atoms with Gasteiger partial charge in [-0.1, -0.05) is 59.9 Å². The topological polar surface area (TPSA) is 49.7 Å². The second-order valence-electron chi connectivity index (χ2n) is 5.41. The molecule has 124 valence electrons. The van der Waals surface area contributed by atoms with Crippen molar-refractivity contribution in [1.29, 1.82) is 0 Å². The highest BCUT2D eigenvalue weighted by atomic mass is 32.2. The number of para-hydroxylation sites is 1. The maximum Gasteiger partial charge on any atom is 0.270 e. The number of aryl methyl sites for hydroxylation is 1. The van der Waals surface area contributed by atoms with Gasteiger partial charge < -0.3 is 0 Å². The number of sulfonamides is 1. The molecule has 2 aromatic carbocycles. The molecule has 1 aliphatic rings. The summed E-state index contributed by atoms with van der Waals surface area (Å²) in [5.74, 6) is 0. The van der Waals surface area contributed by atoms with Crippen LogP contribution in [0.5, 0.6) is 0 Å². The molecular formula is C17H16N2O2S3. The molecule has 1 atom stereocenters. The number of rotatable bonds is 3. The summed E-state index contributed by atoms with van der Waals surface area (Å²) < 4.78 is 27.3. The largest absolute Gasteiger partial charge is 0.270 e. The molecule has 0 bridgehead atoms. The van der Waals surface area contributed by atoms with E-state index in [1.54, 1.807) is 24.3 Å². The van der Waals surface area contributed by atoms with Crippen molar-refractivity contribution in [2.24, 2.45) is 4.99 Å². The van der Waals surface area contributed by atoms with Gasteiger partial charge in [-0.3, -0.25) is 0 Å². The standard InChI is InChI=1S/C17H16N2O2S3/c1-12-8-10-15(11-9-12)24(20,21)19-16(22)13(2)23-17(19)18-14-6-4-3-5-7-14/h3-11,13H,1-2H3/t13-/m0/s1. The summed E-state index contributed by atoms with van der Waals surface area (Å²) in [5, 5.41) is 0.266. The first-order valence-corrected chi connectivity index (χ1v) is 10.1. The summed E-state index contributed by atoms with van der Waals surface area (Å²) in [6, 6.07) is 16.0. The molecule has 1 heterocycles. The van der Waals surface area contributed by atoms with E-state index in [2.05, 4.69) is 4.99 Å². The van der Waals surface area contributed by atoms with E-state index in [-0.39, 0.29) is 10.1 Å². The van der Waals surface area contributed by atoms with E-state index in [4.69, 9.17) is 12.2 Å².